The maximum atomic E-state index is 11.4. The van der Waals surface area contributed by atoms with Crippen LogP contribution < -0.4 is 0 Å². The third-order valence-corrected chi connectivity index (χ3v) is 4.53. The van der Waals surface area contributed by atoms with Gasteiger partial charge in [-0.3, -0.25) is 0 Å². The number of aldehydes is 1. The van der Waals surface area contributed by atoms with E-state index in [2.05, 4.69) is 24.1 Å². The number of carbonyl (C=O) groups excluding carboxylic acids is 1. The molecule has 0 spiro atoms. The molecule has 0 unspecified atom stereocenters. The number of hydrogen-bond donors (Lipinski definition) is 0. The van der Waals surface area contributed by atoms with Gasteiger partial charge >= 0.3 is 0 Å². The first-order valence-corrected chi connectivity index (χ1v) is 6.45. The molecule has 0 bridgehead atoms. The Morgan fingerprint density at radius 2 is 1.88 bits per heavy atom. The van der Waals surface area contributed by atoms with Crippen LogP contribution in [0.1, 0.15) is 12.8 Å². The van der Waals surface area contributed by atoms with Crippen molar-refractivity contribution in [2.24, 2.45) is 0 Å². The zero-order valence-electron chi connectivity index (χ0n) is 9.56. The van der Waals surface area contributed by atoms with Crippen LogP contribution >= 0.6 is 11.8 Å². The van der Waals surface area contributed by atoms with Crippen LogP contribution in [0.3, 0.4) is 0 Å². The lowest BCUT2D eigenvalue weighted by Gasteiger charge is -2.35. The zero-order valence-corrected chi connectivity index (χ0v) is 10.4. The summed E-state index contributed by atoms with van der Waals surface area (Å²) in [6.07, 6.45) is 3.05. The molecular weight excluding hydrogens is 218 g/mol. The molecule has 0 aromatic heterocycles. The van der Waals surface area contributed by atoms with E-state index in [0.717, 1.165) is 32.2 Å². The second-order valence-corrected chi connectivity index (χ2v) is 5.89. The van der Waals surface area contributed by atoms with Crippen molar-refractivity contribution in [2.75, 3.05) is 20.1 Å². The van der Waals surface area contributed by atoms with E-state index in [1.807, 2.05) is 18.2 Å². The highest BCUT2D eigenvalue weighted by molar-refractivity contribution is 8.01. The number of hydrogen-bond acceptors (Lipinski definition) is 3. The average molecular weight is 235 g/mol. The van der Waals surface area contributed by atoms with Gasteiger partial charge in [0.05, 0.1) is 4.75 Å². The Balaban J connectivity index is 2.08. The van der Waals surface area contributed by atoms with Crippen LogP contribution in [0.25, 0.3) is 0 Å². The molecule has 0 N–H and O–H groups in total. The summed E-state index contributed by atoms with van der Waals surface area (Å²) in [5, 5.41) is 0. The lowest BCUT2D eigenvalue weighted by molar-refractivity contribution is -0.110. The fourth-order valence-corrected chi connectivity index (χ4v) is 3.16. The molecule has 0 saturated carbocycles. The molecule has 1 saturated heterocycles. The standard InChI is InChI=1S/C13H17NOS/c1-14-9-7-13(11-15,8-10-14)16-12-5-3-2-4-6-12/h2-6,11H,7-10H2,1H3. The van der Waals surface area contributed by atoms with E-state index in [4.69, 9.17) is 0 Å². The van der Waals surface area contributed by atoms with Crippen molar-refractivity contribution in [3.8, 4) is 0 Å². The monoisotopic (exact) mass is 235 g/mol. The number of likely N-dealkylation sites (tertiary alicyclic amines) is 1. The van der Waals surface area contributed by atoms with Crippen LogP contribution in [0.15, 0.2) is 35.2 Å². The van der Waals surface area contributed by atoms with Gasteiger partial charge in [0.25, 0.3) is 0 Å². The predicted molar refractivity (Wildman–Crippen MR) is 67.8 cm³/mol. The fraction of sp³-hybridized carbons (Fsp3) is 0.462. The number of thioether (sulfide) groups is 1. The van der Waals surface area contributed by atoms with Gasteiger partial charge in [-0.05, 0) is 45.1 Å². The van der Waals surface area contributed by atoms with Crippen molar-refractivity contribution in [3.63, 3.8) is 0 Å². The first-order valence-electron chi connectivity index (χ1n) is 5.63. The van der Waals surface area contributed by atoms with Gasteiger partial charge in [-0.15, -0.1) is 11.8 Å². The maximum Gasteiger partial charge on any atom is 0.136 e. The molecule has 1 aromatic carbocycles. The van der Waals surface area contributed by atoms with Crippen molar-refractivity contribution < 1.29 is 4.79 Å². The van der Waals surface area contributed by atoms with Crippen molar-refractivity contribution in [1.82, 2.24) is 4.90 Å². The molecule has 0 aliphatic carbocycles. The van der Waals surface area contributed by atoms with Gasteiger partial charge in [0, 0.05) is 4.90 Å². The van der Waals surface area contributed by atoms with Crippen LogP contribution in [0.4, 0.5) is 0 Å². The van der Waals surface area contributed by atoms with Gasteiger partial charge < -0.3 is 9.69 Å². The number of nitrogens with zero attached hydrogens (tertiary/aromatic N) is 1. The molecule has 86 valence electrons. The van der Waals surface area contributed by atoms with Crippen LogP contribution in [0.5, 0.6) is 0 Å². The van der Waals surface area contributed by atoms with Crippen LogP contribution in [-0.4, -0.2) is 36.1 Å². The third kappa shape index (κ3) is 2.66. The summed E-state index contributed by atoms with van der Waals surface area (Å²) in [5.41, 5.74) is 0. The summed E-state index contributed by atoms with van der Waals surface area (Å²) in [6.45, 7) is 2.02. The number of carbonyl (C=O) groups is 1. The number of rotatable bonds is 3. The Morgan fingerprint density at radius 3 is 2.44 bits per heavy atom. The largest absolute Gasteiger partial charge is 0.306 e. The molecule has 1 aromatic rings. The van der Waals surface area contributed by atoms with E-state index in [0.29, 0.717) is 0 Å². The van der Waals surface area contributed by atoms with Gasteiger partial charge in [-0.25, -0.2) is 0 Å². The van der Waals surface area contributed by atoms with Gasteiger partial charge in [0.2, 0.25) is 0 Å². The van der Waals surface area contributed by atoms with Gasteiger partial charge in [0.15, 0.2) is 0 Å². The molecule has 1 fully saturated rings. The summed E-state index contributed by atoms with van der Waals surface area (Å²) in [4.78, 5) is 14.8. The molecule has 2 nitrogen and oxygen atoms in total. The molecule has 0 radical (unpaired) electrons. The van der Waals surface area contributed by atoms with E-state index in [1.54, 1.807) is 11.8 Å². The molecule has 2 rings (SSSR count). The quantitative estimate of drug-likeness (QED) is 0.751. The van der Waals surface area contributed by atoms with Crippen LogP contribution in [-0.2, 0) is 4.79 Å². The summed E-state index contributed by atoms with van der Waals surface area (Å²) >= 11 is 1.72. The number of benzene rings is 1. The minimum atomic E-state index is -0.201. The summed E-state index contributed by atoms with van der Waals surface area (Å²) in [7, 11) is 2.11. The van der Waals surface area contributed by atoms with Crippen molar-refractivity contribution in [3.05, 3.63) is 30.3 Å². The summed E-state index contributed by atoms with van der Waals surface area (Å²) in [6, 6.07) is 10.2. The smallest absolute Gasteiger partial charge is 0.136 e. The average Bonchev–Trinajstić information content (AvgIpc) is 2.34. The topological polar surface area (TPSA) is 20.3 Å². The van der Waals surface area contributed by atoms with E-state index >= 15 is 0 Å². The Hall–Kier alpha value is -0.800. The molecule has 0 atom stereocenters. The van der Waals surface area contributed by atoms with E-state index in [9.17, 15) is 4.79 Å². The Morgan fingerprint density at radius 1 is 1.25 bits per heavy atom. The highest BCUT2D eigenvalue weighted by Crippen LogP contribution is 2.38. The first-order chi connectivity index (χ1) is 7.74. The van der Waals surface area contributed by atoms with Crippen molar-refractivity contribution in [2.45, 2.75) is 22.5 Å². The van der Waals surface area contributed by atoms with Crippen LogP contribution in [0, 0.1) is 0 Å². The lowest BCUT2D eigenvalue weighted by atomic mass is 9.98. The Kier molecular flexibility index (Phi) is 3.66. The minimum absolute atomic E-state index is 0.201. The van der Waals surface area contributed by atoms with Gasteiger partial charge in [-0.1, -0.05) is 18.2 Å². The number of piperidine rings is 1. The minimum Gasteiger partial charge on any atom is -0.306 e. The van der Waals surface area contributed by atoms with Crippen molar-refractivity contribution >= 4 is 18.0 Å². The van der Waals surface area contributed by atoms with Gasteiger partial charge in [-0.2, -0.15) is 0 Å². The van der Waals surface area contributed by atoms with E-state index in [1.165, 1.54) is 4.90 Å². The fourth-order valence-electron chi connectivity index (χ4n) is 1.96. The highest BCUT2D eigenvalue weighted by atomic mass is 32.2. The lowest BCUT2D eigenvalue weighted by Crippen LogP contribution is -2.41. The third-order valence-electron chi connectivity index (χ3n) is 3.11. The predicted octanol–water partition coefficient (Wildman–Crippen LogP) is 2.44. The van der Waals surface area contributed by atoms with E-state index in [-0.39, 0.29) is 4.75 Å². The SMILES string of the molecule is CN1CCC(C=O)(Sc2ccccc2)CC1. The second kappa shape index (κ2) is 5.02. The molecule has 16 heavy (non-hydrogen) atoms. The molecule has 1 aliphatic rings. The van der Waals surface area contributed by atoms with Crippen molar-refractivity contribution in [1.29, 1.82) is 0 Å². The second-order valence-electron chi connectivity index (χ2n) is 4.40. The molecule has 3 heteroatoms. The molecular formula is C13H17NOS. The van der Waals surface area contributed by atoms with Crippen LogP contribution in [0.2, 0.25) is 0 Å². The highest BCUT2D eigenvalue weighted by Gasteiger charge is 2.34. The molecule has 1 aliphatic heterocycles. The zero-order chi connectivity index (χ0) is 11.4. The Bertz CT molecular complexity index is 344. The Labute approximate surface area is 101 Å². The van der Waals surface area contributed by atoms with Gasteiger partial charge in [0.1, 0.15) is 6.29 Å². The summed E-state index contributed by atoms with van der Waals surface area (Å²) in [5.74, 6) is 0. The molecule has 1 heterocycles. The summed E-state index contributed by atoms with van der Waals surface area (Å²) < 4.78 is -0.201. The molecule has 0 amide bonds. The van der Waals surface area contributed by atoms with E-state index < -0.39 is 0 Å². The maximum absolute atomic E-state index is 11.4. The normalized spacial score (nSPS) is 20.6. The first kappa shape index (κ1) is 11.7.